The number of ether oxygens (including phenoxy) is 2. The standard InChI is InChI=1S/C25H37N5O6S/c1-7-12-21-17-30(37(33,34)29(6)16-11-15-22(31)36-24(3,4)5)18-25(21,27-28-26)23(32)35-19(2)20-13-9-8-10-14-20/h7-10,13-14,19,21H,1,11-12,15-18H2,2-6H3/t19-,21+,25+/m1/s1. The van der Waals surface area contributed by atoms with Crippen LogP contribution < -0.4 is 0 Å². The Morgan fingerprint density at radius 1 is 1.35 bits per heavy atom. The molecule has 0 bridgehead atoms. The van der Waals surface area contributed by atoms with E-state index in [9.17, 15) is 23.5 Å². The lowest BCUT2D eigenvalue weighted by Gasteiger charge is -2.29. The van der Waals surface area contributed by atoms with Crippen LogP contribution in [0.4, 0.5) is 0 Å². The first-order valence-electron chi connectivity index (χ1n) is 12.1. The molecule has 1 aromatic carbocycles. The highest BCUT2D eigenvalue weighted by molar-refractivity contribution is 7.86. The van der Waals surface area contributed by atoms with Crippen molar-refractivity contribution in [2.24, 2.45) is 11.0 Å². The van der Waals surface area contributed by atoms with Crippen molar-refractivity contribution in [3.05, 3.63) is 59.0 Å². The average molecular weight is 536 g/mol. The van der Waals surface area contributed by atoms with E-state index in [-0.39, 0.29) is 38.9 Å². The van der Waals surface area contributed by atoms with Crippen LogP contribution in [0, 0.1) is 5.92 Å². The predicted octanol–water partition coefficient (Wildman–Crippen LogP) is 4.15. The largest absolute Gasteiger partial charge is 0.460 e. The summed E-state index contributed by atoms with van der Waals surface area (Å²) in [5.41, 5.74) is 7.70. The number of esters is 2. The molecule has 11 nitrogen and oxygen atoms in total. The van der Waals surface area contributed by atoms with Crippen LogP contribution in [0.2, 0.25) is 0 Å². The van der Waals surface area contributed by atoms with Crippen molar-refractivity contribution in [2.75, 3.05) is 26.7 Å². The van der Waals surface area contributed by atoms with Gasteiger partial charge in [0.05, 0.1) is 0 Å². The molecule has 0 spiro atoms. The number of nitrogens with zero attached hydrogens (tertiary/aromatic N) is 5. The van der Waals surface area contributed by atoms with Gasteiger partial charge in [0.25, 0.3) is 10.2 Å². The van der Waals surface area contributed by atoms with Gasteiger partial charge in [-0.25, -0.2) is 0 Å². The number of rotatable bonds is 12. The topological polar surface area (TPSA) is 142 Å². The Labute approximate surface area is 219 Å². The van der Waals surface area contributed by atoms with Gasteiger partial charge in [0.1, 0.15) is 11.7 Å². The number of benzene rings is 1. The van der Waals surface area contributed by atoms with Crippen molar-refractivity contribution < 1.29 is 27.5 Å². The highest BCUT2D eigenvalue weighted by atomic mass is 32.2. The number of azide groups is 1. The maximum atomic E-state index is 13.4. The molecule has 204 valence electrons. The Morgan fingerprint density at radius 3 is 2.57 bits per heavy atom. The highest BCUT2D eigenvalue weighted by Crippen LogP contribution is 2.38. The monoisotopic (exact) mass is 535 g/mol. The zero-order valence-corrected chi connectivity index (χ0v) is 23.0. The van der Waals surface area contributed by atoms with E-state index >= 15 is 0 Å². The molecule has 1 aliphatic rings. The molecule has 0 aromatic heterocycles. The van der Waals surface area contributed by atoms with Gasteiger partial charge in [0, 0.05) is 38.0 Å². The third kappa shape index (κ3) is 7.78. The fraction of sp³-hybridized carbons (Fsp3) is 0.600. The van der Waals surface area contributed by atoms with E-state index in [1.54, 1.807) is 45.9 Å². The zero-order chi connectivity index (χ0) is 27.9. The van der Waals surface area contributed by atoms with E-state index < -0.39 is 45.3 Å². The number of hydrogen-bond acceptors (Lipinski definition) is 7. The van der Waals surface area contributed by atoms with Crippen LogP contribution in [0.5, 0.6) is 0 Å². The normalized spacial score (nSPS) is 21.2. The van der Waals surface area contributed by atoms with Gasteiger partial charge in [-0.05, 0) is 57.5 Å². The smallest absolute Gasteiger partial charge is 0.320 e. The van der Waals surface area contributed by atoms with Crippen LogP contribution in [0.25, 0.3) is 10.4 Å². The van der Waals surface area contributed by atoms with Gasteiger partial charge < -0.3 is 9.47 Å². The van der Waals surface area contributed by atoms with Crippen molar-refractivity contribution in [3.63, 3.8) is 0 Å². The van der Waals surface area contributed by atoms with Gasteiger partial charge >= 0.3 is 11.9 Å². The summed E-state index contributed by atoms with van der Waals surface area (Å²) in [6.45, 7) is 10.3. The molecule has 0 aliphatic carbocycles. The molecule has 1 aromatic rings. The average Bonchev–Trinajstić information content (AvgIpc) is 3.19. The predicted molar refractivity (Wildman–Crippen MR) is 139 cm³/mol. The van der Waals surface area contributed by atoms with Gasteiger partial charge in [-0.2, -0.15) is 17.0 Å². The molecule has 0 unspecified atom stereocenters. The van der Waals surface area contributed by atoms with E-state index in [0.29, 0.717) is 0 Å². The van der Waals surface area contributed by atoms with Crippen LogP contribution in [0.15, 0.2) is 48.1 Å². The summed E-state index contributed by atoms with van der Waals surface area (Å²) in [5.74, 6) is -1.87. The number of carbonyl (C=O) groups excluding carboxylic acids is 2. The summed E-state index contributed by atoms with van der Waals surface area (Å²) < 4.78 is 39.9. The molecule has 0 radical (unpaired) electrons. The van der Waals surface area contributed by atoms with Gasteiger partial charge in [-0.15, -0.1) is 6.58 Å². The number of carbonyl (C=O) groups is 2. The number of hydrogen-bond donors (Lipinski definition) is 0. The van der Waals surface area contributed by atoms with Crippen molar-refractivity contribution in [3.8, 4) is 0 Å². The molecule has 1 heterocycles. The van der Waals surface area contributed by atoms with Gasteiger partial charge in [-0.1, -0.05) is 41.5 Å². The van der Waals surface area contributed by atoms with Gasteiger partial charge in [0.2, 0.25) is 0 Å². The summed E-state index contributed by atoms with van der Waals surface area (Å²) in [4.78, 5) is 28.3. The SMILES string of the molecule is C=CC[C@H]1CN(S(=O)(=O)N(C)CCCC(=O)OC(C)(C)C)C[C@@]1(N=[N+]=[N-])C(=O)O[C@H](C)c1ccccc1. The Balaban J connectivity index is 2.20. The maximum Gasteiger partial charge on any atom is 0.320 e. The van der Waals surface area contributed by atoms with E-state index in [0.717, 1.165) is 14.2 Å². The fourth-order valence-electron chi connectivity index (χ4n) is 4.18. The van der Waals surface area contributed by atoms with Crippen LogP contribution >= 0.6 is 0 Å². The Bertz CT molecular complexity index is 1110. The van der Waals surface area contributed by atoms with Crippen molar-refractivity contribution >= 4 is 22.1 Å². The zero-order valence-electron chi connectivity index (χ0n) is 22.2. The minimum atomic E-state index is -4.04. The minimum Gasteiger partial charge on any atom is -0.460 e. The first-order valence-corrected chi connectivity index (χ1v) is 13.5. The second-order valence-electron chi connectivity index (χ2n) is 10.1. The van der Waals surface area contributed by atoms with E-state index in [1.807, 2.05) is 18.2 Å². The van der Waals surface area contributed by atoms with Crippen LogP contribution in [-0.4, -0.2) is 66.8 Å². The van der Waals surface area contributed by atoms with Crippen LogP contribution in [-0.2, 0) is 29.3 Å². The molecule has 37 heavy (non-hydrogen) atoms. The molecular weight excluding hydrogens is 498 g/mol. The molecule has 1 fully saturated rings. The summed E-state index contributed by atoms with van der Waals surface area (Å²) in [5, 5.41) is 3.82. The second-order valence-corrected chi connectivity index (χ2v) is 12.1. The Hall–Kier alpha value is -2.92. The molecule has 0 amide bonds. The Morgan fingerprint density at radius 2 is 2.00 bits per heavy atom. The second kappa shape index (κ2) is 12.6. The van der Waals surface area contributed by atoms with E-state index in [1.165, 1.54) is 7.05 Å². The molecule has 12 heteroatoms. The molecule has 1 saturated heterocycles. The molecule has 0 N–H and O–H groups in total. The van der Waals surface area contributed by atoms with E-state index in [2.05, 4.69) is 16.6 Å². The summed E-state index contributed by atoms with van der Waals surface area (Å²) in [7, 11) is -2.64. The molecular formula is C25H37N5O6S. The summed E-state index contributed by atoms with van der Waals surface area (Å²) in [6, 6.07) is 9.06. The fourth-order valence-corrected chi connectivity index (χ4v) is 5.66. The Kier molecular flexibility index (Phi) is 10.3. The molecule has 2 rings (SSSR count). The van der Waals surface area contributed by atoms with Crippen molar-refractivity contribution in [1.29, 1.82) is 0 Å². The van der Waals surface area contributed by atoms with Gasteiger partial charge in [0.15, 0.2) is 5.54 Å². The van der Waals surface area contributed by atoms with Crippen molar-refractivity contribution in [1.82, 2.24) is 8.61 Å². The lowest BCUT2D eigenvalue weighted by atomic mass is 9.85. The third-order valence-electron chi connectivity index (χ3n) is 6.09. The lowest BCUT2D eigenvalue weighted by Crippen LogP contribution is -2.47. The third-order valence-corrected chi connectivity index (χ3v) is 7.99. The lowest BCUT2D eigenvalue weighted by molar-refractivity contribution is -0.156. The molecule has 0 saturated carbocycles. The summed E-state index contributed by atoms with van der Waals surface area (Å²) >= 11 is 0. The van der Waals surface area contributed by atoms with Crippen LogP contribution in [0.1, 0.15) is 58.6 Å². The van der Waals surface area contributed by atoms with Crippen LogP contribution in [0.3, 0.4) is 0 Å². The number of allylic oxidation sites excluding steroid dienone is 1. The quantitative estimate of drug-likeness (QED) is 0.129. The van der Waals surface area contributed by atoms with Gasteiger partial charge in [-0.3, -0.25) is 9.59 Å². The summed E-state index contributed by atoms with van der Waals surface area (Å²) in [6.07, 6.45) is 1.48. The van der Waals surface area contributed by atoms with E-state index in [4.69, 9.17) is 9.47 Å². The first kappa shape index (κ1) is 30.3. The highest BCUT2D eigenvalue weighted by Gasteiger charge is 2.56. The molecule has 1 aliphatic heterocycles. The minimum absolute atomic E-state index is 0.0569. The maximum absolute atomic E-state index is 13.4. The first-order chi connectivity index (χ1) is 17.3. The van der Waals surface area contributed by atoms with Crippen molar-refractivity contribution in [2.45, 2.75) is 64.2 Å². The molecule has 3 atom stereocenters.